The van der Waals surface area contributed by atoms with E-state index in [9.17, 15) is 9.59 Å². The molecule has 1 unspecified atom stereocenters. The van der Waals surface area contributed by atoms with Crippen LogP contribution in [0.3, 0.4) is 0 Å². The van der Waals surface area contributed by atoms with E-state index >= 15 is 0 Å². The van der Waals surface area contributed by atoms with Gasteiger partial charge in [0, 0.05) is 25.2 Å². The first-order valence-electron chi connectivity index (χ1n) is 6.37. The third-order valence-electron chi connectivity index (χ3n) is 2.99. The minimum absolute atomic E-state index is 0.248. The highest BCUT2D eigenvalue weighted by Gasteiger charge is 2.13. The van der Waals surface area contributed by atoms with Crippen molar-refractivity contribution in [2.75, 3.05) is 13.6 Å². The number of hydrogen-bond donors (Lipinski definition) is 2. The van der Waals surface area contributed by atoms with E-state index in [0.29, 0.717) is 24.5 Å². The van der Waals surface area contributed by atoms with Gasteiger partial charge in [-0.15, -0.1) is 0 Å². The van der Waals surface area contributed by atoms with E-state index in [1.54, 1.807) is 20.0 Å². The van der Waals surface area contributed by atoms with E-state index in [2.05, 4.69) is 5.32 Å². The fourth-order valence-corrected chi connectivity index (χ4v) is 1.80. The number of urea groups is 1. The maximum atomic E-state index is 11.8. The third-order valence-corrected chi connectivity index (χ3v) is 3.36. The van der Waals surface area contributed by atoms with Crippen LogP contribution in [-0.4, -0.2) is 35.6 Å². The van der Waals surface area contributed by atoms with Crippen molar-refractivity contribution in [3.8, 4) is 0 Å². The van der Waals surface area contributed by atoms with Gasteiger partial charge in [-0.2, -0.15) is 0 Å². The highest BCUT2D eigenvalue weighted by Crippen LogP contribution is 2.16. The minimum atomic E-state index is -0.858. The molecule has 1 aromatic carbocycles. The lowest BCUT2D eigenvalue weighted by Gasteiger charge is -2.19. The molecule has 110 valence electrons. The second-order valence-electron chi connectivity index (χ2n) is 4.71. The van der Waals surface area contributed by atoms with Gasteiger partial charge >= 0.3 is 12.0 Å². The number of benzene rings is 1. The van der Waals surface area contributed by atoms with E-state index in [1.165, 1.54) is 4.90 Å². The largest absolute Gasteiger partial charge is 0.481 e. The molecule has 20 heavy (non-hydrogen) atoms. The van der Waals surface area contributed by atoms with Crippen LogP contribution in [-0.2, 0) is 11.3 Å². The zero-order chi connectivity index (χ0) is 15.1. The third kappa shape index (κ3) is 5.09. The van der Waals surface area contributed by atoms with Gasteiger partial charge in [-0.3, -0.25) is 4.79 Å². The Bertz CT molecular complexity index is 479. The van der Waals surface area contributed by atoms with Crippen LogP contribution < -0.4 is 5.32 Å². The summed E-state index contributed by atoms with van der Waals surface area (Å²) < 4.78 is 0. The molecule has 0 spiro atoms. The first-order valence-corrected chi connectivity index (χ1v) is 6.74. The molecule has 0 saturated heterocycles. The number of aliphatic carboxylic acids is 1. The summed E-state index contributed by atoms with van der Waals surface area (Å²) in [6, 6.07) is 7.08. The standard InChI is InChI=1S/C14H19ClN2O3/c1-10(13(18)19)7-8-16-14(20)17(2)9-11-5-3-4-6-12(11)15/h3-6,10H,7-9H2,1-2H3,(H,16,20)(H,18,19). The maximum absolute atomic E-state index is 11.8. The Morgan fingerprint density at radius 2 is 2.05 bits per heavy atom. The summed E-state index contributed by atoms with van der Waals surface area (Å²) in [5.41, 5.74) is 0.866. The van der Waals surface area contributed by atoms with Gasteiger partial charge in [-0.1, -0.05) is 36.7 Å². The molecule has 0 bridgehead atoms. The van der Waals surface area contributed by atoms with Crippen molar-refractivity contribution in [3.05, 3.63) is 34.9 Å². The van der Waals surface area contributed by atoms with E-state index in [-0.39, 0.29) is 6.03 Å². The first-order chi connectivity index (χ1) is 9.41. The smallest absolute Gasteiger partial charge is 0.317 e. The molecule has 0 aliphatic carbocycles. The molecule has 1 atom stereocenters. The lowest BCUT2D eigenvalue weighted by atomic mass is 10.1. The van der Waals surface area contributed by atoms with Crippen LogP contribution in [0.1, 0.15) is 18.9 Å². The number of halogens is 1. The number of carbonyl (C=O) groups excluding carboxylic acids is 1. The summed E-state index contributed by atoms with van der Waals surface area (Å²) in [6.07, 6.45) is 0.404. The molecular weight excluding hydrogens is 280 g/mol. The first kappa shape index (κ1) is 16.3. The molecule has 1 rings (SSSR count). The monoisotopic (exact) mass is 298 g/mol. The lowest BCUT2D eigenvalue weighted by Crippen LogP contribution is -2.38. The van der Waals surface area contributed by atoms with E-state index < -0.39 is 11.9 Å². The summed E-state index contributed by atoms with van der Waals surface area (Å²) in [4.78, 5) is 24.0. The topological polar surface area (TPSA) is 69.6 Å². The summed E-state index contributed by atoms with van der Waals surface area (Å²) >= 11 is 6.03. The Morgan fingerprint density at radius 1 is 1.40 bits per heavy atom. The molecule has 0 aliphatic heterocycles. The number of rotatable bonds is 6. The molecular formula is C14H19ClN2O3. The lowest BCUT2D eigenvalue weighted by molar-refractivity contribution is -0.141. The van der Waals surface area contributed by atoms with Crippen LogP contribution in [0.4, 0.5) is 4.79 Å². The minimum Gasteiger partial charge on any atom is -0.481 e. The quantitative estimate of drug-likeness (QED) is 0.848. The predicted molar refractivity (Wildman–Crippen MR) is 77.7 cm³/mol. The maximum Gasteiger partial charge on any atom is 0.317 e. The fourth-order valence-electron chi connectivity index (χ4n) is 1.61. The van der Waals surface area contributed by atoms with E-state index in [0.717, 1.165) is 5.56 Å². The van der Waals surface area contributed by atoms with Gasteiger partial charge in [-0.05, 0) is 18.1 Å². The van der Waals surface area contributed by atoms with Crippen molar-refractivity contribution >= 4 is 23.6 Å². The average Bonchev–Trinajstić information content (AvgIpc) is 2.40. The molecule has 0 fully saturated rings. The molecule has 0 aromatic heterocycles. The summed E-state index contributed by atoms with van der Waals surface area (Å²) in [5.74, 6) is -1.33. The number of hydrogen-bond acceptors (Lipinski definition) is 2. The molecule has 2 N–H and O–H groups in total. The number of carboxylic acids is 1. The Labute approximate surface area is 123 Å². The van der Waals surface area contributed by atoms with Crippen molar-refractivity contribution < 1.29 is 14.7 Å². The summed E-state index contributed by atoms with van der Waals surface area (Å²) in [5, 5.41) is 12.0. The Hall–Kier alpha value is -1.75. The number of carbonyl (C=O) groups is 2. The van der Waals surface area contributed by atoms with Crippen molar-refractivity contribution in [3.63, 3.8) is 0 Å². The molecule has 0 saturated carbocycles. The predicted octanol–water partition coefficient (Wildman–Crippen LogP) is 2.59. The van der Waals surface area contributed by atoms with Crippen LogP contribution in [0, 0.1) is 5.92 Å². The van der Waals surface area contributed by atoms with Gasteiger partial charge < -0.3 is 15.3 Å². The number of nitrogens with zero attached hydrogens (tertiary/aromatic N) is 1. The van der Waals surface area contributed by atoms with Gasteiger partial charge in [0.1, 0.15) is 0 Å². The molecule has 0 aliphatic rings. The Morgan fingerprint density at radius 3 is 2.65 bits per heavy atom. The highest BCUT2D eigenvalue weighted by molar-refractivity contribution is 6.31. The Balaban J connectivity index is 2.40. The molecule has 5 nitrogen and oxygen atoms in total. The average molecular weight is 299 g/mol. The van der Waals surface area contributed by atoms with E-state index in [1.807, 2.05) is 18.2 Å². The van der Waals surface area contributed by atoms with Gasteiger partial charge in [0.2, 0.25) is 0 Å². The second kappa shape index (κ2) is 7.75. The molecule has 0 heterocycles. The van der Waals surface area contributed by atoms with Crippen LogP contribution in [0.25, 0.3) is 0 Å². The summed E-state index contributed by atoms with van der Waals surface area (Å²) in [6.45, 7) is 2.35. The van der Waals surface area contributed by atoms with Crippen molar-refractivity contribution in [1.29, 1.82) is 0 Å². The van der Waals surface area contributed by atoms with Gasteiger partial charge in [0.25, 0.3) is 0 Å². The highest BCUT2D eigenvalue weighted by atomic mass is 35.5. The molecule has 6 heteroatoms. The molecule has 2 amide bonds. The van der Waals surface area contributed by atoms with Gasteiger partial charge in [-0.25, -0.2) is 4.79 Å². The van der Waals surface area contributed by atoms with Crippen molar-refractivity contribution in [2.24, 2.45) is 5.92 Å². The number of carboxylic acid groups (broad SMARTS) is 1. The van der Waals surface area contributed by atoms with Crippen molar-refractivity contribution in [1.82, 2.24) is 10.2 Å². The van der Waals surface area contributed by atoms with Crippen LogP contribution in [0.5, 0.6) is 0 Å². The normalized spacial score (nSPS) is 11.8. The van der Waals surface area contributed by atoms with Crippen LogP contribution in [0.2, 0.25) is 5.02 Å². The number of amides is 2. The second-order valence-corrected chi connectivity index (χ2v) is 5.11. The van der Waals surface area contributed by atoms with Gasteiger partial charge in [0.05, 0.1) is 5.92 Å². The van der Waals surface area contributed by atoms with E-state index in [4.69, 9.17) is 16.7 Å². The van der Waals surface area contributed by atoms with Gasteiger partial charge in [0.15, 0.2) is 0 Å². The fraction of sp³-hybridized carbons (Fsp3) is 0.429. The van der Waals surface area contributed by atoms with Crippen LogP contribution >= 0.6 is 11.6 Å². The van der Waals surface area contributed by atoms with Crippen LogP contribution in [0.15, 0.2) is 24.3 Å². The Kier molecular flexibility index (Phi) is 6.31. The zero-order valence-corrected chi connectivity index (χ0v) is 12.4. The number of nitrogens with one attached hydrogen (secondary N) is 1. The van der Waals surface area contributed by atoms with Crippen molar-refractivity contribution in [2.45, 2.75) is 19.9 Å². The SMILES string of the molecule is CC(CCNC(=O)N(C)Cc1ccccc1Cl)C(=O)O. The molecule has 0 radical (unpaired) electrons. The summed E-state index contributed by atoms with van der Waals surface area (Å²) in [7, 11) is 1.67. The zero-order valence-electron chi connectivity index (χ0n) is 11.6. The molecule has 1 aromatic rings.